The van der Waals surface area contributed by atoms with Crippen molar-refractivity contribution >= 4 is 28.1 Å². The highest BCUT2D eigenvalue weighted by Crippen LogP contribution is 2.24. The van der Waals surface area contributed by atoms with Gasteiger partial charge in [0.2, 0.25) is 0 Å². The second-order valence-electron chi connectivity index (χ2n) is 5.18. The molecule has 2 rings (SSSR count). The van der Waals surface area contributed by atoms with E-state index in [1.54, 1.807) is 0 Å². The molecule has 12 heteroatoms. The van der Waals surface area contributed by atoms with Crippen molar-refractivity contribution < 1.29 is 32.2 Å². The molecule has 0 bridgehead atoms. The smallest absolute Gasteiger partial charge is 0.440 e. The normalized spacial score (nSPS) is 22.2. The highest BCUT2D eigenvalue weighted by molar-refractivity contribution is 7.75. The van der Waals surface area contributed by atoms with Crippen molar-refractivity contribution in [1.82, 2.24) is 10.5 Å². The first-order valence-corrected chi connectivity index (χ1v) is 7.75. The van der Waals surface area contributed by atoms with Crippen LogP contribution in [0, 0.1) is 0 Å². The Morgan fingerprint density at radius 2 is 1.92 bits per heavy atom. The third-order valence-electron chi connectivity index (χ3n) is 3.41. The molecule has 2 amide bonds. The van der Waals surface area contributed by atoms with Crippen LogP contribution in [0.25, 0.3) is 0 Å². The molecule has 0 aromatic heterocycles. The molecule has 1 aliphatic heterocycles. The number of hydrazone groups is 1. The summed E-state index contributed by atoms with van der Waals surface area (Å²) in [6, 6.07) is 5.03. The maximum absolute atomic E-state index is 12.1. The van der Waals surface area contributed by atoms with Crippen molar-refractivity contribution in [3.63, 3.8) is 0 Å². The van der Waals surface area contributed by atoms with Gasteiger partial charge < -0.3 is 13.8 Å². The number of amides is 2. The summed E-state index contributed by atoms with van der Waals surface area (Å²) in [5.74, 6) is -2.97. The van der Waals surface area contributed by atoms with Gasteiger partial charge in [0.05, 0.1) is 5.71 Å². The Labute approximate surface area is 141 Å². The molecule has 136 valence electrons. The summed E-state index contributed by atoms with van der Waals surface area (Å²) < 4.78 is 50.7. The van der Waals surface area contributed by atoms with E-state index in [2.05, 4.69) is 9.46 Å². The average Bonchev–Trinajstić information content (AvgIpc) is 2.79. The minimum Gasteiger partial charge on any atom is -0.440 e. The van der Waals surface area contributed by atoms with Crippen molar-refractivity contribution in [1.29, 1.82) is 0 Å². The Kier molecular flexibility index (Phi) is 4.97. The molecule has 2 N–H and O–H groups in total. The molecular weight excluding hydrogens is 365 g/mol. The standard InChI is InChI=1S/C13H12F3N4O4S/c1-12(19-23)9(17-20(2)11(12)22)7-3-5-8(6-4-7)25(24)18-10(21)13(14,15)16/h3-6,19,23H,1-2H3/q-1. The summed E-state index contributed by atoms with van der Waals surface area (Å²) >= 11 is 0. The van der Waals surface area contributed by atoms with Gasteiger partial charge >= 0.3 is 12.1 Å². The fourth-order valence-electron chi connectivity index (χ4n) is 2.08. The summed E-state index contributed by atoms with van der Waals surface area (Å²) in [6.45, 7) is 1.39. The molecule has 0 aliphatic carbocycles. The summed E-state index contributed by atoms with van der Waals surface area (Å²) in [4.78, 5) is 22.6. The van der Waals surface area contributed by atoms with Crippen LogP contribution in [-0.4, -0.2) is 46.5 Å². The first-order valence-electron chi connectivity index (χ1n) is 6.64. The summed E-state index contributed by atoms with van der Waals surface area (Å²) in [7, 11) is -1.15. The number of carbonyl (C=O) groups is 2. The van der Waals surface area contributed by atoms with Gasteiger partial charge in [0, 0.05) is 12.6 Å². The lowest BCUT2D eigenvalue weighted by Crippen LogP contribution is -2.53. The highest BCUT2D eigenvalue weighted by Gasteiger charge is 2.46. The number of halogens is 3. The van der Waals surface area contributed by atoms with E-state index in [0.29, 0.717) is 5.56 Å². The molecule has 0 saturated heterocycles. The largest absolute Gasteiger partial charge is 0.471 e. The third-order valence-corrected chi connectivity index (χ3v) is 4.41. The lowest BCUT2D eigenvalue weighted by Gasteiger charge is -2.22. The van der Waals surface area contributed by atoms with Gasteiger partial charge in [-0.05, 0) is 6.92 Å². The van der Waals surface area contributed by atoms with E-state index in [1.807, 2.05) is 5.48 Å². The maximum Gasteiger partial charge on any atom is 0.471 e. The number of hydrogen-bond donors (Lipinski definition) is 2. The van der Waals surface area contributed by atoms with Gasteiger partial charge in [0.15, 0.2) is 5.54 Å². The van der Waals surface area contributed by atoms with Crippen LogP contribution in [0.5, 0.6) is 0 Å². The highest BCUT2D eigenvalue weighted by atomic mass is 32.2. The predicted octanol–water partition coefficient (Wildman–Crippen LogP) is 1.20. The molecule has 8 nitrogen and oxygen atoms in total. The van der Waals surface area contributed by atoms with E-state index in [1.165, 1.54) is 38.2 Å². The molecule has 25 heavy (non-hydrogen) atoms. The maximum atomic E-state index is 12.1. The van der Waals surface area contributed by atoms with Gasteiger partial charge in [0.25, 0.3) is 5.91 Å². The predicted molar refractivity (Wildman–Crippen MR) is 78.9 cm³/mol. The number of nitrogens with one attached hydrogen (secondary N) is 1. The van der Waals surface area contributed by atoms with Gasteiger partial charge in [0.1, 0.15) is 0 Å². The minimum atomic E-state index is -5.20. The van der Waals surface area contributed by atoms with Gasteiger partial charge in [-0.15, -0.1) is 0 Å². The lowest BCUT2D eigenvalue weighted by molar-refractivity contribution is -0.169. The Morgan fingerprint density at radius 3 is 2.40 bits per heavy atom. The van der Waals surface area contributed by atoms with Crippen LogP contribution >= 0.6 is 0 Å². The number of alkyl halides is 3. The number of carbonyl (C=O) groups excluding carboxylic acids is 2. The number of nitrogens with zero attached hydrogens (tertiary/aromatic N) is 3. The number of hydrogen-bond acceptors (Lipinski definition) is 7. The first kappa shape index (κ1) is 19.0. The fraction of sp³-hybridized carbons (Fsp3) is 0.308. The Hall–Kier alpha value is -2.31. The fourth-order valence-corrected chi connectivity index (χ4v) is 2.80. The van der Waals surface area contributed by atoms with Gasteiger partial charge in [-0.25, -0.2) is 5.01 Å². The molecule has 1 atom stereocenters. The summed E-state index contributed by atoms with van der Waals surface area (Å²) in [5, 5.41) is 14.3. The summed E-state index contributed by atoms with van der Waals surface area (Å²) in [6.07, 6.45) is -5.20. The zero-order valence-corrected chi connectivity index (χ0v) is 13.7. The van der Waals surface area contributed by atoms with Crippen LogP contribution in [0.15, 0.2) is 38.6 Å². The van der Waals surface area contributed by atoms with Crippen molar-refractivity contribution in [2.75, 3.05) is 7.05 Å². The second kappa shape index (κ2) is 6.54. The van der Waals surface area contributed by atoms with Crippen LogP contribution in [0.3, 0.4) is 0 Å². The van der Waals surface area contributed by atoms with Crippen LogP contribution < -0.4 is 5.48 Å². The summed E-state index contributed by atoms with van der Waals surface area (Å²) in [5.41, 5.74) is 0.878. The number of rotatable bonds is 3. The van der Waals surface area contributed by atoms with Crippen molar-refractivity contribution in [3.05, 3.63) is 29.8 Å². The zero-order chi connectivity index (χ0) is 19.0. The van der Waals surface area contributed by atoms with E-state index < -0.39 is 34.1 Å². The van der Waals surface area contributed by atoms with Crippen molar-refractivity contribution in [3.8, 4) is 0 Å². The minimum absolute atomic E-state index is 0.140. The van der Waals surface area contributed by atoms with Gasteiger partial charge in [-0.3, -0.25) is 9.59 Å². The molecular formula is C13H12F3N4O4S-. The number of benzene rings is 1. The van der Waals surface area contributed by atoms with Crippen LogP contribution in [0.4, 0.5) is 13.2 Å². The van der Waals surface area contributed by atoms with Crippen molar-refractivity contribution in [2.24, 2.45) is 9.46 Å². The zero-order valence-electron chi connectivity index (χ0n) is 12.9. The van der Waals surface area contributed by atoms with E-state index in [0.717, 1.165) is 5.01 Å². The van der Waals surface area contributed by atoms with Gasteiger partial charge in [-0.1, -0.05) is 29.2 Å². The van der Waals surface area contributed by atoms with E-state index in [4.69, 9.17) is 0 Å². The van der Waals surface area contributed by atoms with Crippen LogP contribution in [0.1, 0.15) is 12.5 Å². The molecule has 0 radical (unpaired) electrons. The molecule has 0 fully saturated rings. The van der Waals surface area contributed by atoms with Crippen molar-refractivity contribution in [2.45, 2.75) is 23.5 Å². The molecule has 0 saturated carbocycles. The quantitative estimate of drug-likeness (QED) is 0.607. The molecule has 1 unspecified atom stereocenters. The number of hydroxylamine groups is 1. The average molecular weight is 377 g/mol. The Bertz CT molecular complexity index is 831. The Morgan fingerprint density at radius 1 is 1.36 bits per heavy atom. The first-order chi connectivity index (χ1) is 11.5. The van der Waals surface area contributed by atoms with E-state index in [-0.39, 0.29) is 10.6 Å². The topological polar surface area (TPSA) is 111 Å². The lowest BCUT2D eigenvalue weighted by atomic mass is 9.91. The van der Waals surface area contributed by atoms with Gasteiger partial charge in [-0.2, -0.15) is 34.3 Å². The molecule has 1 heterocycles. The molecule has 1 aliphatic rings. The SMILES string of the molecule is CN1N=C(c2ccc([S-](=O)=NC(=O)C(F)(F)F)cc2)C(C)(NO)C1=O. The molecule has 0 spiro atoms. The third kappa shape index (κ3) is 3.55. The monoisotopic (exact) mass is 377 g/mol. The second-order valence-corrected chi connectivity index (χ2v) is 6.33. The van der Waals surface area contributed by atoms with Crippen LogP contribution in [-0.2, 0) is 24.4 Å². The van der Waals surface area contributed by atoms with E-state index >= 15 is 0 Å². The Balaban J connectivity index is 2.34. The number of likely N-dealkylation sites (N-methyl/N-ethyl adjacent to an activating group) is 1. The van der Waals surface area contributed by atoms with E-state index in [9.17, 15) is 32.2 Å². The molecule has 1 aromatic rings. The molecule has 1 aromatic carbocycles. The van der Waals surface area contributed by atoms with Crippen LogP contribution in [0.2, 0.25) is 0 Å².